The molecule has 0 fully saturated rings. The average molecular weight is 287 g/mol. The molecule has 104 valence electrons. The molecule has 0 saturated carbocycles. The van der Waals surface area contributed by atoms with Crippen molar-refractivity contribution in [3.8, 4) is 34.8 Å². The van der Waals surface area contributed by atoms with Gasteiger partial charge in [0.05, 0.1) is 29.5 Å². The van der Waals surface area contributed by atoms with Gasteiger partial charge in [-0.3, -0.25) is 0 Å². The van der Waals surface area contributed by atoms with Gasteiger partial charge in [-0.05, 0) is 30.3 Å². The highest BCUT2D eigenvalue weighted by molar-refractivity contribution is 5.61. The molecule has 0 spiro atoms. The summed E-state index contributed by atoms with van der Waals surface area (Å²) in [6.45, 7) is 0. The van der Waals surface area contributed by atoms with Crippen LogP contribution in [-0.2, 0) is 0 Å². The molecule has 0 amide bonds. The van der Waals surface area contributed by atoms with Gasteiger partial charge in [-0.2, -0.15) is 10.5 Å². The van der Waals surface area contributed by atoms with E-state index in [1.165, 1.54) is 10.7 Å². The van der Waals surface area contributed by atoms with Crippen LogP contribution in [0.25, 0.3) is 16.9 Å². The lowest BCUT2D eigenvalue weighted by Gasteiger charge is -2.03. The molecule has 0 aliphatic heterocycles. The molecule has 0 atom stereocenters. The fourth-order valence-electron chi connectivity index (χ4n) is 2.05. The fourth-order valence-corrected chi connectivity index (χ4v) is 2.05. The van der Waals surface area contributed by atoms with Gasteiger partial charge in [0.1, 0.15) is 17.1 Å². The zero-order valence-corrected chi connectivity index (χ0v) is 11.3. The maximum atomic E-state index is 9.96. The Labute approximate surface area is 126 Å². The van der Waals surface area contributed by atoms with Crippen LogP contribution in [0, 0.1) is 22.7 Å². The van der Waals surface area contributed by atoms with Crippen LogP contribution < -0.4 is 0 Å². The Morgan fingerprint density at radius 1 is 1.00 bits per heavy atom. The molecule has 0 radical (unpaired) electrons. The van der Waals surface area contributed by atoms with Gasteiger partial charge in [0, 0.05) is 5.56 Å². The van der Waals surface area contributed by atoms with Crippen LogP contribution in [-0.4, -0.2) is 20.1 Å². The second kappa shape index (κ2) is 5.39. The Balaban J connectivity index is 2.01. The van der Waals surface area contributed by atoms with Crippen LogP contribution in [0.4, 0.5) is 0 Å². The lowest BCUT2D eigenvalue weighted by atomic mass is 10.1. The summed E-state index contributed by atoms with van der Waals surface area (Å²) in [5.74, 6) is -0.0544. The summed E-state index contributed by atoms with van der Waals surface area (Å²) in [7, 11) is 0. The third-order valence-electron chi connectivity index (χ3n) is 3.13. The number of nitrogens with zero attached hydrogens (tertiary/aromatic N) is 5. The predicted molar refractivity (Wildman–Crippen MR) is 77.9 cm³/mol. The van der Waals surface area contributed by atoms with Gasteiger partial charge in [-0.25, -0.2) is 4.68 Å². The summed E-state index contributed by atoms with van der Waals surface area (Å²) >= 11 is 0. The minimum atomic E-state index is -0.0544. The summed E-state index contributed by atoms with van der Waals surface area (Å²) in [5, 5.41) is 35.7. The zero-order valence-electron chi connectivity index (χ0n) is 11.3. The van der Waals surface area contributed by atoms with E-state index >= 15 is 0 Å². The third kappa shape index (κ3) is 2.37. The minimum Gasteiger partial charge on any atom is -0.506 e. The van der Waals surface area contributed by atoms with Gasteiger partial charge < -0.3 is 5.11 Å². The van der Waals surface area contributed by atoms with Gasteiger partial charge in [0.25, 0.3) is 0 Å². The second-order valence-corrected chi connectivity index (χ2v) is 4.56. The van der Waals surface area contributed by atoms with Crippen molar-refractivity contribution in [2.75, 3.05) is 0 Å². The number of hydrogen-bond donors (Lipinski definition) is 1. The predicted octanol–water partition coefficient (Wildman–Crippen LogP) is 2.38. The number of benzene rings is 2. The average Bonchev–Trinajstić information content (AvgIpc) is 3.04. The molecular weight excluding hydrogens is 278 g/mol. The summed E-state index contributed by atoms with van der Waals surface area (Å²) in [6.07, 6.45) is 1.65. The van der Waals surface area contributed by atoms with Crippen molar-refractivity contribution in [1.82, 2.24) is 15.0 Å². The Hall–Kier alpha value is -3.64. The van der Waals surface area contributed by atoms with Crippen LogP contribution in [0.1, 0.15) is 11.1 Å². The van der Waals surface area contributed by atoms with Gasteiger partial charge in [0.2, 0.25) is 0 Å². The van der Waals surface area contributed by atoms with E-state index in [4.69, 9.17) is 10.5 Å². The highest BCUT2D eigenvalue weighted by Crippen LogP contribution is 2.24. The highest BCUT2D eigenvalue weighted by Gasteiger charge is 2.09. The minimum absolute atomic E-state index is 0.0544. The summed E-state index contributed by atoms with van der Waals surface area (Å²) in [4.78, 5) is 0. The second-order valence-electron chi connectivity index (χ2n) is 4.56. The Morgan fingerprint density at radius 2 is 1.77 bits per heavy atom. The van der Waals surface area contributed by atoms with E-state index in [0.717, 1.165) is 5.56 Å². The molecule has 6 heteroatoms. The van der Waals surface area contributed by atoms with Gasteiger partial charge in [0.15, 0.2) is 0 Å². The normalized spacial score (nSPS) is 9.91. The van der Waals surface area contributed by atoms with Crippen molar-refractivity contribution in [3.63, 3.8) is 0 Å². The van der Waals surface area contributed by atoms with E-state index in [9.17, 15) is 5.11 Å². The van der Waals surface area contributed by atoms with E-state index in [1.807, 2.05) is 12.1 Å². The van der Waals surface area contributed by atoms with Crippen molar-refractivity contribution < 1.29 is 5.11 Å². The highest BCUT2D eigenvalue weighted by atomic mass is 16.3. The SMILES string of the molecule is N#Cc1cccc(-c2cn(-c3ccc(C#N)cc3O)nn2)c1. The molecule has 1 aromatic heterocycles. The van der Waals surface area contributed by atoms with Crippen molar-refractivity contribution in [1.29, 1.82) is 10.5 Å². The zero-order chi connectivity index (χ0) is 15.5. The summed E-state index contributed by atoms with van der Waals surface area (Å²) in [6, 6.07) is 15.6. The maximum absolute atomic E-state index is 9.96. The van der Waals surface area contributed by atoms with Gasteiger partial charge >= 0.3 is 0 Å². The Bertz CT molecular complexity index is 930. The first-order valence-corrected chi connectivity index (χ1v) is 6.37. The molecule has 3 aromatic rings. The lowest BCUT2D eigenvalue weighted by Crippen LogP contribution is -1.95. The first kappa shape index (κ1) is 13.3. The number of hydrogen-bond acceptors (Lipinski definition) is 5. The van der Waals surface area contributed by atoms with Crippen LogP contribution in [0.3, 0.4) is 0 Å². The molecule has 0 aliphatic rings. The molecule has 2 aromatic carbocycles. The quantitative estimate of drug-likeness (QED) is 0.780. The lowest BCUT2D eigenvalue weighted by molar-refractivity contribution is 0.469. The molecular formula is C16H9N5O. The molecule has 1 heterocycles. The number of phenols is 1. The van der Waals surface area contributed by atoms with Crippen LogP contribution >= 0.6 is 0 Å². The van der Waals surface area contributed by atoms with E-state index in [-0.39, 0.29) is 5.75 Å². The summed E-state index contributed by atoms with van der Waals surface area (Å²) in [5.41, 5.74) is 2.67. The number of phenolic OH excluding ortho intramolecular Hbond substituents is 1. The largest absolute Gasteiger partial charge is 0.506 e. The van der Waals surface area contributed by atoms with Crippen molar-refractivity contribution >= 4 is 0 Å². The van der Waals surface area contributed by atoms with Crippen molar-refractivity contribution in [2.24, 2.45) is 0 Å². The van der Waals surface area contributed by atoms with Crippen molar-refractivity contribution in [3.05, 3.63) is 59.8 Å². The Kier molecular flexibility index (Phi) is 3.27. The monoisotopic (exact) mass is 287 g/mol. The van der Waals surface area contributed by atoms with E-state index < -0.39 is 0 Å². The van der Waals surface area contributed by atoms with Crippen LogP contribution in [0.15, 0.2) is 48.7 Å². The smallest absolute Gasteiger partial charge is 0.142 e. The molecule has 3 rings (SSSR count). The molecule has 0 unspecified atom stereocenters. The number of nitriles is 2. The number of aromatic nitrogens is 3. The van der Waals surface area contributed by atoms with Crippen LogP contribution in [0.2, 0.25) is 0 Å². The summed E-state index contributed by atoms with van der Waals surface area (Å²) < 4.78 is 1.42. The number of aromatic hydroxyl groups is 1. The van der Waals surface area contributed by atoms with Crippen molar-refractivity contribution in [2.45, 2.75) is 0 Å². The topological polar surface area (TPSA) is 98.5 Å². The van der Waals surface area contributed by atoms with E-state index in [0.29, 0.717) is 22.5 Å². The Morgan fingerprint density at radius 3 is 2.50 bits per heavy atom. The van der Waals surface area contributed by atoms with Crippen LogP contribution in [0.5, 0.6) is 5.75 Å². The molecule has 1 N–H and O–H groups in total. The number of rotatable bonds is 2. The molecule has 0 saturated heterocycles. The molecule has 0 bridgehead atoms. The maximum Gasteiger partial charge on any atom is 0.142 e. The van der Waals surface area contributed by atoms with E-state index in [1.54, 1.807) is 36.5 Å². The van der Waals surface area contributed by atoms with Gasteiger partial charge in [-0.15, -0.1) is 5.10 Å². The third-order valence-corrected chi connectivity index (χ3v) is 3.13. The first-order chi connectivity index (χ1) is 10.7. The van der Waals surface area contributed by atoms with Gasteiger partial charge in [-0.1, -0.05) is 17.3 Å². The molecule has 22 heavy (non-hydrogen) atoms. The van der Waals surface area contributed by atoms with E-state index in [2.05, 4.69) is 16.4 Å². The fraction of sp³-hybridized carbons (Fsp3) is 0. The molecule has 6 nitrogen and oxygen atoms in total. The standard InChI is InChI=1S/C16H9N5O/c17-8-11-2-1-3-13(6-11)14-10-21(20-19-14)15-5-4-12(9-18)7-16(15)22/h1-7,10,22H. The first-order valence-electron chi connectivity index (χ1n) is 6.37. The molecule has 0 aliphatic carbocycles.